The van der Waals surface area contributed by atoms with Crippen LogP contribution in [-0.4, -0.2) is 20.2 Å². The van der Waals surface area contributed by atoms with Gasteiger partial charge in [0, 0.05) is 6.20 Å². The highest BCUT2D eigenvalue weighted by Crippen LogP contribution is 2.12. The van der Waals surface area contributed by atoms with Crippen LogP contribution in [0, 0.1) is 6.92 Å². The first-order valence-electron chi connectivity index (χ1n) is 3.98. The molecule has 0 amide bonds. The molecule has 0 aromatic carbocycles. The van der Waals surface area contributed by atoms with Crippen LogP contribution in [-0.2, 0) is 6.42 Å². The van der Waals surface area contributed by atoms with Crippen LogP contribution >= 0.6 is 0 Å². The third kappa shape index (κ3) is 0.958. The standard InChI is InChI=1S/C8H10N4/c1-3-7-6-4-9-5(2)10-8(6)12-11-7/h4H,3H2,1-2H3,(H,9,10,11,12). The van der Waals surface area contributed by atoms with Crippen LogP contribution in [0.4, 0.5) is 0 Å². The number of rotatable bonds is 1. The van der Waals surface area contributed by atoms with Gasteiger partial charge in [0.05, 0.1) is 11.1 Å². The molecule has 0 fully saturated rings. The fraction of sp³-hybridized carbons (Fsp3) is 0.375. The highest BCUT2D eigenvalue weighted by atomic mass is 15.2. The topological polar surface area (TPSA) is 54.5 Å². The molecular formula is C8H10N4. The largest absolute Gasteiger partial charge is 0.260 e. The van der Waals surface area contributed by atoms with Crippen molar-refractivity contribution in [3.8, 4) is 0 Å². The van der Waals surface area contributed by atoms with E-state index in [2.05, 4.69) is 27.1 Å². The first-order chi connectivity index (χ1) is 5.81. The summed E-state index contributed by atoms with van der Waals surface area (Å²) in [4.78, 5) is 8.33. The quantitative estimate of drug-likeness (QED) is 0.686. The third-order valence-electron chi connectivity index (χ3n) is 1.85. The van der Waals surface area contributed by atoms with Crippen molar-refractivity contribution < 1.29 is 0 Å². The van der Waals surface area contributed by atoms with Crippen molar-refractivity contribution in [3.63, 3.8) is 0 Å². The second kappa shape index (κ2) is 2.55. The molecule has 62 valence electrons. The van der Waals surface area contributed by atoms with E-state index in [1.807, 2.05) is 13.1 Å². The summed E-state index contributed by atoms with van der Waals surface area (Å²) >= 11 is 0. The van der Waals surface area contributed by atoms with Gasteiger partial charge in [0.2, 0.25) is 0 Å². The molecule has 0 bridgehead atoms. The van der Waals surface area contributed by atoms with E-state index >= 15 is 0 Å². The molecule has 1 N–H and O–H groups in total. The van der Waals surface area contributed by atoms with Gasteiger partial charge in [0.15, 0.2) is 5.65 Å². The average Bonchev–Trinajstić information content (AvgIpc) is 2.46. The van der Waals surface area contributed by atoms with Crippen LogP contribution in [0.25, 0.3) is 11.0 Å². The molecule has 4 nitrogen and oxygen atoms in total. The van der Waals surface area contributed by atoms with E-state index in [0.717, 1.165) is 29.0 Å². The second-order valence-corrected chi connectivity index (χ2v) is 2.70. The normalized spacial score (nSPS) is 10.8. The Hall–Kier alpha value is -1.45. The zero-order valence-corrected chi connectivity index (χ0v) is 7.13. The Morgan fingerprint density at radius 2 is 2.33 bits per heavy atom. The van der Waals surface area contributed by atoms with E-state index in [9.17, 15) is 0 Å². The number of hydrogen-bond donors (Lipinski definition) is 1. The molecule has 0 saturated heterocycles. The van der Waals surface area contributed by atoms with E-state index in [-0.39, 0.29) is 0 Å². The first kappa shape index (κ1) is 7.21. The second-order valence-electron chi connectivity index (χ2n) is 2.70. The number of aromatic amines is 1. The molecule has 0 aliphatic carbocycles. The van der Waals surface area contributed by atoms with Crippen molar-refractivity contribution in [2.75, 3.05) is 0 Å². The Balaban J connectivity index is 2.73. The number of H-pyrrole nitrogens is 1. The van der Waals surface area contributed by atoms with Crippen LogP contribution < -0.4 is 0 Å². The third-order valence-corrected chi connectivity index (χ3v) is 1.85. The fourth-order valence-corrected chi connectivity index (χ4v) is 1.22. The summed E-state index contributed by atoms with van der Waals surface area (Å²) in [5.74, 6) is 0.772. The summed E-state index contributed by atoms with van der Waals surface area (Å²) in [6.07, 6.45) is 2.73. The van der Waals surface area contributed by atoms with E-state index in [4.69, 9.17) is 0 Å². The fourth-order valence-electron chi connectivity index (χ4n) is 1.22. The molecule has 2 aromatic rings. The van der Waals surface area contributed by atoms with E-state index < -0.39 is 0 Å². The van der Waals surface area contributed by atoms with Crippen molar-refractivity contribution in [3.05, 3.63) is 17.7 Å². The van der Waals surface area contributed by atoms with Crippen LogP contribution in [0.2, 0.25) is 0 Å². The van der Waals surface area contributed by atoms with Crippen molar-refractivity contribution in [2.45, 2.75) is 20.3 Å². The van der Waals surface area contributed by atoms with E-state index in [1.54, 1.807) is 0 Å². The summed E-state index contributed by atoms with van der Waals surface area (Å²) in [6.45, 7) is 3.93. The Morgan fingerprint density at radius 1 is 1.50 bits per heavy atom. The summed E-state index contributed by atoms with van der Waals surface area (Å²) in [6, 6.07) is 0. The molecule has 0 aliphatic heterocycles. The first-order valence-corrected chi connectivity index (χ1v) is 3.98. The molecule has 0 unspecified atom stereocenters. The van der Waals surface area contributed by atoms with Crippen LogP contribution in [0.1, 0.15) is 18.4 Å². The van der Waals surface area contributed by atoms with Gasteiger partial charge in [-0.3, -0.25) is 5.10 Å². The smallest absolute Gasteiger partial charge is 0.159 e. The van der Waals surface area contributed by atoms with Crippen molar-refractivity contribution in [1.82, 2.24) is 20.2 Å². The number of fused-ring (bicyclic) bond motifs is 1. The van der Waals surface area contributed by atoms with Gasteiger partial charge in [-0.15, -0.1) is 0 Å². The lowest BCUT2D eigenvalue weighted by Gasteiger charge is -1.91. The zero-order valence-electron chi connectivity index (χ0n) is 7.13. The Bertz CT molecular complexity index is 404. The predicted octanol–water partition coefficient (Wildman–Crippen LogP) is 1.22. The monoisotopic (exact) mass is 162 g/mol. The van der Waals surface area contributed by atoms with Crippen LogP contribution in [0.5, 0.6) is 0 Å². The van der Waals surface area contributed by atoms with Gasteiger partial charge < -0.3 is 0 Å². The van der Waals surface area contributed by atoms with Gasteiger partial charge >= 0.3 is 0 Å². The van der Waals surface area contributed by atoms with Gasteiger partial charge in [-0.2, -0.15) is 5.10 Å². The van der Waals surface area contributed by atoms with Gasteiger partial charge in [-0.05, 0) is 13.3 Å². The Morgan fingerprint density at radius 3 is 3.08 bits per heavy atom. The molecule has 2 rings (SSSR count). The average molecular weight is 162 g/mol. The highest BCUT2D eigenvalue weighted by Gasteiger charge is 2.04. The number of aromatic nitrogens is 4. The van der Waals surface area contributed by atoms with Gasteiger partial charge in [-0.25, -0.2) is 9.97 Å². The lowest BCUT2D eigenvalue weighted by Crippen LogP contribution is -1.86. The van der Waals surface area contributed by atoms with E-state index in [0.29, 0.717) is 0 Å². The van der Waals surface area contributed by atoms with E-state index in [1.165, 1.54) is 0 Å². The number of nitrogens with zero attached hydrogens (tertiary/aromatic N) is 3. The van der Waals surface area contributed by atoms with Crippen molar-refractivity contribution in [1.29, 1.82) is 0 Å². The minimum Gasteiger partial charge on any atom is -0.260 e. The lowest BCUT2D eigenvalue weighted by molar-refractivity contribution is 0.981. The number of nitrogens with one attached hydrogen (secondary N) is 1. The maximum absolute atomic E-state index is 4.22. The molecule has 12 heavy (non-hydrogen) atoms. The van der Waals surface area contributed by atoms with Gasteiger partial charge in [-0.1, -0.05) is 6.92 Å². The van der Waals surface area contributed by atoms with Crippen LogP contribution in [0.3, 0.4) is 0 Å². The zero-order chi connectivity index (χ0) is 8.55. The molecule has 0 saturated carbocycles. The SMILES string of the molecule is CCc1n[nH]c2nc(C)ncc12. The maximum atomic E-state index is 4.22. The van der Waals surface area contributed by atoms with Gasteiger partial charge in [0.25, 0.3) is 0 Å². The molecule has 0 atom stereocenters. The Kier molecular flexibility index (Phi) is 1.53. The minimum absolute atomic E-state index is 0.772. The molecule has 0 spiro atoms. The lowest BCUT2D eigenvalue weighted by atomic mass is 10.2. The predicted molar refractivity (Wildman–Crippen MR) is 45.8 cm³/mol. The summed E-state index contributed by atoms with van der Waals surface area (Å²) in [5, 5.41) is 8.04. The summed E-state index contributed by atoms with van der Waals surface area (Å²) < 4.78 is 0. The summed E-state index contributed by atoms with van der Waals surface area (Å²) in [7, 11) is 0. The molecule has 2 aromatic heterocycles. The van der Waals surface area contributed by atoms with Gasteiger partial charge in [0.1, 0.15) is 5.82 Å². The minimum atomic E-state index is 0.772. The molecule has 0 radical (unpaired) electrons. The Labute approximate surface area is 70.0 Å². The number of aryl methyl sites for hydroxylation is 2. The van der Waals surface area contributed by atoms with Crippen molar-refractivity contribution in [2.24, 2.45) is 0 Å². The number of hydrogen-bond acceptors (Lipinski definition) is 3. The summed E-state index contributed by atoms with van der Waals surface area (Å²) in [5.41, 5.74) is 1.87. The van der Waals surface area contributed by atoms with Crippen molar-refractivity contribution >= 4 is 11.0 Å². The molecule has 0 aliphatic rings. The molecule has 4 heteroatoms. The maximum Gasteiger partial charge on any atom is 0.159 e. The highest BCUT2D eigenvalue weighted by molar-refractivity contribution is 5.76. The van der Waals surface area contributed by atoms with Crippen LogP contribution in [0.15, 0.2) is 6.20 Å². The molecule has 2 heterocycles. The molecular weight excluding hydrogens is 152 g/mol.